The minimum Gasteiger partial charge on any atom is -0.508 e. The summed E-state index contributed by atoms with van der Waals surface area (Å²) in [5.41, 5.74) is 0.675. The van der Waals surface area contributed by atoms with E-state index in [9.17, 15) is 5.11 Å². The topological polar surface area (TPSA) is 38.7 Å². The van der Waals surface area contributed by atoms with Crippen molar-refractivity contribution >= 4 is 0 Å². The Balaban J connectivity index is 2.96. The van der Waals surface area contributed by atoms with Crippen molar-refractivity contribution < 1.29 is 14.9 Å². The zero-order valence-corrected chi connectivity index (χ0v) is 6.50. The van der Waals surface area contributed by atoms with Gasteiger partial charge in [-0.15, -0.1) is 0 Å². The lowest BCUT2D eigenvalue weighted by atomic mass is 10.2. The van der Waals surface area contributed by atoms with E-state index in [0.717, 1.165) is 0 Å². The van der Waals surface area contributed by atoms with Gasteiger partial charge in [-0.05, 0) is 19.1 Å². The number of aromatic hydroxyl groups is 1. The maximum Gasteiger partial charge on any atom is 0.171 e. The fourth-order valence-electron chi connectivity index (χ4n) is 0.783. The summed E-state index contributed by atoms with van der Waals surface area (Å²) in [6.07, 6.45) is 0. The van der Waals surface area contributed by atoms with E-state index in [0.29, 0.717) is 11.3 Å². The van der Waals surface area contributed by atoms with Crippen LogP contribution in [0, 0.1) is 6.92 Å². The monoisotopic (exact) mass is 154 g/mol. The van der Waals surface area contributed by atoms with Gasteiger partial charge in [-0.1, -0.05) is 6.07 Å². The summed E-state index contributed by atoms with van der Waals surface area (Å²) in [7, 11) is 1.42. The summed E-state index contributed by atoms with van der Waals surface area (Å²) in [5.74, 6) is 0.743. The zero-order valence-electron chi connectivity index (χ0n) is 6.50. The van der Waals surface area contributed by atoms with Crippen molar-refractivity contribution in [2.24, 2.45) is 0 Å². The van der Waals surface area contributed by atoms with Crippen molar-refractivity contribution in [3.63, 3.8) is 0 Å². The molecule has 1 rings (SSSR count). The predicted octanol–water partition coefficient (Wildman–Crippen LogP) is 1.64. The summed E-state index contributed by atoms with van der Waals surface area (Å²) >= 11 is 0. The number of rotatable bonds is 2. The van der Waals surface area contributed by atoms with Gasteiger partial charge >= 0.3 is 0 Å². The molecular weight excluding hydrogens is 144 g/mol. The van der Waals surface area contributed by atoms with E-state index in [1.54, 1.807) is 25.1 Å². The van der Waals surface area contributed by atoms with Crippen molar-refractivity contribution in [2.75, 3.05) is 7.11 Å². The van der Waals surface area contributed by atoms with Crippen LogP contribution in [-0.4, -0.2) is 12.2 Å². The normalized spacial score (nSPS) is 9.64. The summed E-state index contributed by atoms with van der Waals surface area (Å²) in [6, 6.07) is 5.01. The van der Waals surface area contributed by atoms with Gasteiger partial charge in [-0.2, -0.15) is 4.89 Å². The molecule has 0 saturated carbocycles. The molecule has 0 fully saturated rings. The first-order valence-electron chi connectivity index (χ1n) is 3.25. The van der Waals surface area contributed by atoms with Crippen molar-refractivity contribution in [3.8, 4) is 11.5 Å². The Bertz CT molecular complexity index is 245. The summed E-state index contributed by atoms with van der Waals surface area (Å²) in [6.45, 7) is 1.75. The molecule has 0 heterocycles. The minimum absolute atomic E-state index is 0.208. The molecule has 0 aromatic heterocycles. The highest BCUT2D eigenvalue weighted by atomic mass is 17.2. The summed E-state index contributed by atoms with van der Waals surface area (Å²) in [5, 5.41) is 9.19. The van der Waals surface area contributed by atoms with Crippen LogP contribution < -0.4 is 4.89 Å². The highest BCUT2D eigenvalue weighted by Gasteiger charge is 2.02. The van der Waals surface area contributed by atoms with Crippen LogP contribution in [0.2, 0.25) is 0 Å². The molecule has 60 valence electrons. The molecule has 1 aromatic rings. The van der Waals surface area contributed by atoms with Crippen LogP contribution in [0.3, 0.4) is 0 Å². The van der Waals surface area contributed by atoms with E-state index in [2.05, 4.69) is 4.89 Å². The molecule has 3 nitrogen and oxygen atoms in total. The first-order valence-corrected chi connectivity index (χ1v) is 3.25. The summed E-state index contributed by atoms with van der Waals surface area (Å²) < 4.78 is 0. The lowest BCUT2D eigenvalue weighted by Crippen LogP contribution is -1.92. The highest BCUT2D eigenvalue weighted by Crippen LogP contribution is 2.25. The molecule has 0 aliphatic rings. The lowest BCUT2D eigenvalue weighted by Gasteiger charge is -2.04. The van der Waals surface area contributed by atoms with E-state index in [4.69, 9.17) is 4.89 Å². The fraction of sp³-hybridized carbons (Fsp3) is 0.250. The van der Waals surface area contributed by atoms with Crippen LogP contribution in [0.5, 0.6) is 11.5 Å². The molecule has 1 aromatic carbocycles. The van der Waals surface area contributed by atoms with Crippen LogP contribution in [0.4, 0.5) is 0 Å². The van der Waals surface area contributed by atoms with Crippen molar-refractivity contribution in [2.45, 2.75) is 6.92 Å². The molecule has 11 heavy (non-hydrogen) atoms. The molecule has 1 N–H and O–H groups in total. The molecule has 0 amide bonds. The maximum atomic E-state index is 9.19. The van der Waals surface area contributed by atoms with E-state index in [1.807, 2.05) is 0 Å². The second-order valence-electron chi connectivity index (χ2n) is 2.15. The first kappa shape index (κ1) is 7.88. The van der Waals surface area contributed by atoms with E-state index in [-0.39, 0.29) is 5.75 Å². The maximum absolute atomic E-state index is 9.19. The third-order valence-corrected chi connectivity index (χ3v) is 1.43. The zero-order chi connectivity index (χ0) is 8.27. The largest absolute Gasteiger partial charge is 0.508 e. The Morgan fingerprint density at radius 1 is 1.36 bits per heavy atom. The summed E-state index contributed by atoms with van der Waals surface area (Å²) in [4.78, 5) is 9.21. The average Bonchev–Trinajstić information content (AvgIpc) is 1.99. The molecule has 0 unspecified atom stereocenters. The van der Waals surface area contributed by atoms with E-state index >= 15 is 0 Å². The molecule has 3 heteroatoms. The third kappa shape index (κ3) is 1.62. The van der Waals surface area contributed by atoms with Crippen LogP contribution in [0.15, 0.2) is 18.2 Å². The molecule has 0 spiro atoms. The quantitative estimate of drug-likeness (QED) is 0.520. The number of phenolic OH excluding ortho intramolecular Hbond substituents is 1. The van der Waals surface area contributed by atoms with Crippen molar-refractivity contribution in [1.82, 2.24) is 0 Å². The van der Waals surface area contributed by atoms with Crippen LogP contribution in [0.25, 0.3) is 0 Å². The number of hydrogen-bond donors (Lipinski definition) is 1. The predicted molar refractivity (Wildman–Crippen MR) is 40.5 cm³/mol. The molecule has 0 bridgehead atoms. The molecular formula is C8H10O3. The smallest absolute Gasteiger partial charge is 0.171 e. The average molecular weight is 154 g/mol. The number of hydrogen-bond acceptors (Lipinski definition) is 3. The van der Waals surface area contributed by atoms with Gasteiger partial charge in [0.1, 0.15) is 5.75 Å². The Kier molecular flexibility index (Phi) is 2.33. The van der Waals surface area contributed by atoms with Crippen molar-refractivity contribution in [3.05, 3.63) is 23.8 Å². The fourth-order valence-corrected chi connectivity index (χ4v) is 0.783. The van der Waals surface area contributed by atoms with Crippen LogP contribution in [-0.2, 0) is 4.89 Å². The molecule has 0 aliphatic heterocycles. The Morgan fingerprint density at radius 2 is 2.09 bits per heavy atom. The van der Waals surface area contributed by atoms with Crippen molar-refractivity contribution in [1.29, 1.82) is 0 Å². The van der Waals surface area contributed by atoms with Crippen LogP contribution in [0.1, 0.15) is 5.56 Å². The van der Waals surface area contributed by atoms with Crippen LogP contribution >= 0.6 is 0 Å². The van der Waals surface area contributed by atoms with E-state index < -0.39 is 0 Å². The Labute approximate surface area is 65.1 Å². The lowest BCUT2D eigenvalue weighted by molar-refractivity contribution is -0.178. The van der Waals surface area contributed by atoms with Gasteiger partial charge in [0.25, 0.3) is 0 Å². The van der Waals surface area contributed by atoms with Gasteiger partial charge in [0.05, 0.1) is 7.11 Å². The minimum atomic E-state index is 0.208. The third-order valence-electron chi connectivity index (χ3n) is 1.43. The Hall–Kier alpha value is -1.22. The molecule has 0 atom stereocenters. The van der Waals surface area contributed by atoms with Gasteiger partial charge < -0.3 is 9.99 Å². The van der Waals surface area contributed by atoms with E-state index in [1.165, 1.54) is 7.11 Å². The van der Waals surface area contributed by atoms with Gasteiger partial charge in [0.15, 0.2) is 5.75 Å². The first-order chi connectivity index (χ1) is 5.25. The van der Waals surface area contributed by atoms with Gasteiger partial charge in [-0.3, -0.25) is 0 Å². The second kappa shape index (κ2) is 3.25. The molecule has 0 saturated heterocycles. The number of phenols is 1. The molecule has 0 radical (unpaired) electrons. The standard InChI is InChI=1S/C8H10O3/c1-6-7(9)4-3-5-8(6)11-10-2/h3-5,9H,1-2H3. The SMILES string of the molecule is COOc1cccc(O)c1C. The highest BCUT2D eigenvalue weighted by molar-refractivity contribution is 5.42. The Morgan fingerprint density at radius 3 is 2.73 bits per heavy atom. The molecule has 0 aliphatic carbocycles. The van der Waals surface area contributed by atoms with Gasteiger partial charge in [0, 0.05) is 5.56 Å². The second-order valence-corrected chi connectivity index (χ2v) is 2.15. The van der Waals surface area contributed by atoms with Gasteiger partial charge in [0.2, 0.25) is 0 Å². The number of benzene rings is 1. The van der Waals surface area contributed by atoms with Gasteiger partial charge in [-0.25, -0.2) is 0 Å².